The number of hydrogen-bond donors (Lipinski definition) is 2. The predicted molar refractivity (Wildman–Crippen MR) is 58.7 cm³/mol. The molecule has 6 nitrogen and oxygen atoms in total. The maximum Gasteiger partial charge on any atom is 0.337 e. The van der Waals surface area contributed by atoms with Crippen LogP contribution in [-0.2, 0) is 0 Å². The van der Waals surface area contributed by atoms with E-state index in [1.807, 2.05) is 0 Å². The number of nitrogen functional groups attached to an aromatic ring is 1. The van der Waals surface area contributed by atoms with E-state index >= 15 is 0 Å². The van der Waals surface area contributed by atoms with Crippen molar-refractivity contribution in [2.75, 3.05) is 12.3 Å². The molecule has 0 radical (unpaired) electrons. The number of aromatic carboxylic acids is 1. The second-order valence-corrected chi connectivity index (χ2v) is 2.77. The van der Waals surface area contributed by atoms with Crippen LogP contribution in [0.4, 0.5) is 5.69 Å². The summed E-state index contributed by atoms with van der Waals surface area (Å²) in [5.41, 5.74) is 14.2. The van der Waals surface area contributed by atoms with Crippen molar-refractivity contribution in [1.82, 2.24) is 0 Å². The molecule has 0 bridgehead atoms. The van der Waals surface area contributed by atoms with Crippen molar-refractivity contribution < 1.29 is 9.90 Å². The highest BCUT2D eigenvalue weighted by molar-refractivity contribution is 5.92. The van der Waals surface area contributed by atoms with Gasteiger partial charge in [0.05, 0.1) is 17.7 Å². The van der Waals surface area contributed by atoms with E-state index in [0.717, 1.165) is 0 Å². The maximum atomic E-state index is 10.9. The van der Waals surface area contributed by atoms with Gasteiger partial charge in [-0.15, -0.1) is 0 Å². The number of benzene rings is 1. The van der Waals surface area contributed by atoms with E-state index in [1.54, 1.807) is 6.07 Å². The molecule has 1 aromatic carbocycles. The van der Waals surface area contributed by atoms with Crippen LogP contribution in [0.25, 0.3) is 10.4 Å². The average Bonchev–Trinajstić information content (AvgIpc) is 2.25. The Morgan fingerprint density at radius 3 is 3.00 bits per heavy atom. The fourth-order valence-corrected chi connectivity index (χ4v) is 1.08. The molecular weight excluding hydrogens is 208 g/mol. The van der Waals surface area contributed by atoms with Gasteiger partial charge >= 0.3 is 5.97 Å². The Balaban J connectivity index is 3.13. The fourth-order valence-electron chi connectivity index (χ4n) is 1.08. The molecule has 6 heteroatoms. The van der Waals surface area contributed by atoms with Gasteiger partial charge in [0.2, 0.25) is 0 Å². The third-order valence-electron chi connectivity index (χ3n) is 1.75. The van der Waals surface area contributed by atoms with Crippen LogP contribution in [0, 0.1) is 11.8 Å². The van der Waals surface area contributed by atoms with E-state index in [1.165, 1.54) is 12.1 Å². The number of azide groups is 1. The number of nitrogens with zero attached hydrogens (tertiary/aromatic N) is 3. The standard InChI is InChI=1S/C10H8N4O2/c11-9-5-1-3-8(10(15)16)7(9)4-2-6-13-14-12/h1,3,5H,6,11H2,(H,15,16). The molecule has 0 fully saturated rings. The topological polar surface area (TPSA) is 112 Å². The summed E-state index contributed by atoms with van der Waals surface area (Å²) in [6.45, 7) is -0.0239. The molecule has 0 aliphatic rings. The third kappa shape index (κ3) is 2.67. The first kappa shape index (κ1) is 11.4. The van der Waals surface area contributed by atoms with Crippen molar-refractivity contribution in [2.45, 2.75) is 0 Å². The lowest BCUT2D eigenvalue weighted by atomic mass is 10.1. The van der Waals surface area contributed by atoms with Gasteiger partial charge in [-0.2, -0.15) is 0 Å². The zero-order valence-electron chi connectivity index (χ0n) is 8.21. The van der Waals surface area contributed by atoms with Gasteiger partial charge in [0.15, 0.2) is 0 Å². The van der Waals surface area contributed by atoms with E-state index in [4.69, 9.17) is 16.4 Å². The normalized spacial score (nSPS) is 8.50. The van der Waals surface area contributed by atoms with Gasteiger partial charge in [-0.3, -0.25) is 0 Å². The molecule has 0 saturated heterocycles. The minimum absolute atomic E-state index is 0.0239. The summed E-state index contributed by atoms with van der Waals surface area (Å²) in [5, 5.41) is 12.1. The Kier molecular flexibility index (Phi) is 3.78. The average molecular weight is 216 g/mol. The van der Waals surface area contributed by atoms with E-state index in [-0.39, 0.29) is 23.4 Å². The number of carboxylic acids is 1. The Morgan fingerprint density at radius 1 is 1.62 bits per heavy atom. The lowest BCUT2D eigenvalue weighted by molar-refractivity contribution is 0.0696. The quantitative estimate of drug-likeness (QED) is 0.257. The second-order valence-electron chi connectivity index (χ2n) is 2.77. The SMILES string of the molecule is [N-]=[N+]=NCC#Cc1c(N)cccc1C(=O)O. The van der Waals surface area contributed by atoms with Crippen LogP contribution in [0.15, 0.2) is 23.3 Å². The van der Waals surface area contributed by atoms with Crippen molar-refractivity contribution in [1.29, 1.82) is 0 Å². The highest BCUT2D eigenvalue weighted by Gasteiger charge is 2.09. The first-order valence-corrected chi connectivity index (χ1v) is 4.28. The van der Waals surface area contributed by atoms with Crippen molar-refractivity contribution in [3.63, 3.8) is 0 Å². The number of carbonyl (C=O) groups is 1. The first-order chi connectivity index (χ1) is 7.66. The first-order valence-electron chi connectivity index (χ1n) is 4.28. The van der Waals surface area contributed by atoms with Gasteiger partial charge in [-0.25, -0.2) is 4.79 Å². The predicted octanol–water partition coefficient (Wildman–Crippen LogP) is 1.63. The molecular formula is C10H8N4O2. The van der Waals surface area contributed by atoms with Crippen molar-refractivity contribution in [3.05, 3.63) is 39.8 Å². The molecule has 0 aliphatic heterocycles. The highest BCUT2D eigenvalue weighted by Crippen LogP contribution is 2.15. The second kappa shape index (κ2) is 5.29. The molecule has 0 unspecified atom stereocenters. The Labute approximate surface area is 91.3 Å². The van der Waals surface area contributed by atoms with Crippen molar-refractivity contribution in [2.24, 2.45) is 5.11 Å². The van der Waals surface area contributed by atoms with E-state index in [2.05, 4.69) is 21.9 Å². The molecule has 80 valence electrons. The summed E-state index contributed by atoms with van der Waals surface area (Å²) in [4.78, 5) is 13.4. The smallest absolute Gasteiger partial charge is 0.337 e. The molecule has 0 aromatic heterocycles. The van der Waals surface area contributed by atoms with Crippen LogP contribution in [0.2, 0.25) is 0 Å². The van der Waals surface area contributed by atoms with E-state index in [9.17, 15) is 4.79 Å². The lowest BCUT2D eigenvalue weighted by Gasteiger charge is -2.01. The van der Waals surface area contributed by atoms with Gasteiger partial charge in [-0.05, 0) is 17.7 Å². The monoisotopic (exact) mass is 216 g/mol. The maximum absolute atomic E-state index is 10.9. The zero-order valence-corrected chi connectivity index (χ0v) is 8.21. The molecule has 0 saturated carbocycles. The molecule has 16 heavy (non-hydrogen) atoms. The van der Waals surface area contributed by atoms with Crippen molar-refractivity contribution in [3.8, 4) is 11.8 Å². The minimum Gasteiger partial charge on any atom is -0.478 e. The largest absolute Gasteiger partial charge is 0.478 e. The van der Waals surface area contributed by atoms with Gasteiger partial charge in [0.25, 0.3) is 0 Å². The number of hydrogen-bond acceptors (Lipinski definition) is 3. The van der Waals surface area contributed by atoms with Crippen LogP contribution in [0.3, 0.4) is 0 Å². The van der Waals surface area contributed by atoms with E-state index in [0.29, 0.717) is 0 Å². The van der Waals surface area contributed by atoms with Gasteiger partial charge < -0.3 is 10.8 Å². The van der Waals surface area contributed by atoms with Gasteiger partial charge in [0.1, 0.15) is 0 Å². The number of rotatable bonds is 2. The number of carboxylic acid groups (broad SMARTS) is 1. The zero-order chi connectivity index (χ0) is 12.0. The molecule has 0 heterocycles. The Morgan fingerprint density at radius 2 is 2.38 bits per heavy atom. The number of nitrogens with two attached hydrogens (primary N) is 1. The summed E-state index contributed by atoms with van der Waals surface area (Å²) in [6.07, 6.45) is 0. The van der Waals surface area contributed by atoms with Crippen LogP contribution in [0.1, 0.15) is 15.9 Å². The third-order valence-corrected chi connectivity index (χ3v) is 1.75. The lowest BCUT2D eigenvalue weighted by Crippen LogP contribution is -2.03. The molecule has 0 spiro atoms. The molecule has 1 aromatic rings. The molecule has 1 rings (SSSR count). The fraction of sp³-hybridized carbons (Fsp3) is 0.100. The van der Waals surface area contributed by atoms with Crippen LogP contribution in [0.5, 0.6) is 0 Å². The van der Waals surface area contributed by atoms with Crippen molar-refractivity contribution >= 4 is 11.7 Å². The number of anilines is 1. The Hall–Kier alpha value is -2.64. The van der Waals surface area contributed by atoms with Crippen LogP contribution >= 0.6 is 0 Å². The molecule has 3 N–H and O–H groups in total. The highest BCUT2D eigenvalue weighted by atomic mass is 16.4. The van der Waals surface area contributed by atoms with E-state index < -0.39 is 5.97 Å². The summed E-state index contributed by atoms with van der Waals surface area (Å²) in [5.74, 6) is 4.01. The summed E-state index contributed by atoms with van der Waals surface area (Å²) in [6, 6.07) is 4.51. The van der Waals surface area contributed by atoms with Crippen LogP contribution < -0.4 is 5.73 Å². The van der Waals surface area contributed by atoms with Gasteiger partial charge in [-0.1, -0.05) is 23.0 Å². The minimum atomic E-state index is -1.10. The molecule has 0 atom stereocenters. The van der Waals surface area contributed by atoms with Gasteiger partial charge in [0, 0.05) is 10.6 Å². The van der Waals surface area contributed by atoms with Crippen LogP contribution in [-0.4, -0.2) is 17.6 Å². The summed E-state index contributed by atoms with van der Waals surface area (Å²) < 4.78 is 0. The summed E-state index contributed by atoms with van der Waals surface area (Å²) in [7, 11) is 0. The summed E-state index contributed by atoms with van der Waals surface area (Å²) >= 11 is 0. The molecule has 0 aliphatic carbocycles. The Bertz CT molecular complexity index is 521. The molecule has 0 amide bonds.